The smallest absolute Gasteiger partial charge is 0.428 e. The van der Waals surface area contributed by atoms with Crippen LogP contribution in [-0.4, -0.2) is 48.6 Å². The quantitative estimate of drug-likeness (QED) is 0.260. The highest BCUT2D eigenvalue weighted by Crippen LogP contribution is 2.49. The minimum Gasteiger partial charge on any atom is -0.428 e. The van der Waals surface area contributed by atoms with Crippen LogP contribution in [0.2, 0.25) is 0 Å². The number of halogens is 10. The summed E-state index contributed by atoms with van der Waals surface area (Å²) in [6.45, 7) is -0.999. The van der Waals surface area contributed by atoms with E-state index in [9.17, 15) is 49.0 Å². The van der Waals surface area contributed by atoms with Crippen molar-refractivity contribution in [3.8, 4) is 22.6 Å². The summed E-state index contributed by atoms with van der Waals surface area (Å²) in [5.41, 5.74) is 0.915. The average Bonchev–Trinajstić information content (AvgIpc) is 2.87. The fourth-order valence-electron chi connectivity index (χ4n) is 4.19. The highest BCUT2D eigenvalue weighted by Gasteiger charge is 2.45. The first kappa shape index (κ1) is 30.6. The van der Waals surface area contributed by atoms with E-state index in [-0.39, 0.29) is 22.6 Å². The molecule has 0 aromatic heterocycles. The van der Waals surface area contributed by atoms with E-state index in [0.717, 1.165) is 36.0 Å². The molecule has 41 heavy (non-hydrogen) atoms. The molecule has 0 amide bonds. The summed E-state index contributed by atoms with van der Waals surface area (Å²) in [6.07, 6.45) is -21.8. The second-order valence-corrected chi connectivity index (χ2v) is 9.83. The van der Waals surface area contributed by atoms with Crippen LogP contribution in [-0.2, 0) is 0 Å². The van der Waals surface area contributed by atoms with Crippen molar-refractivity contribution in [3.63, 3.8) is 0 Å². The zero-order valence-electron chi connectivity index (χ0n) is 20.4. The van der Waals surface area contributed by atoms with Gasteiger partial charge in [-0.25, -0.2) is 0 Å². The number of aliphatic hydroxyl groups excluding tert-OH is 1. The molecule has 0 saturated heterocycles. The Labute approximate surface area is 230 Å². The van der Waals surface area contributed by atoms with Gasteiger partial charge in [-0.15, -0.1) is 24.9 Å². The fourth-order valence-corrected chi connectivity index (χ4v) is 5.56. The molecule has 4 rings (SSSR count). The molecule has 1 N–H and O–H groups in total. The fraction of sp³-hybridized carbons (Fsp3) is 0.308. The zero-order chi connectivity index (χ0) is 30.2. The van der Waals surface area contributed by atoms with Crippen LogP contribution < -0.4 is 14.4 Å². The molecular weight excluding hydrogens is 596 g/mol. The van der Waals surface area contributed by atoms with Gasteiger partial charge in [0.2, 0.25) is 0 Å². The molecule has 1 heterocycles. The van der Waals surface area contributed by atoms with Crippen molar-refractivity contribution in [1.82, 2.24) is 0 Å². The van der Waals surface area contributed by atoms with E-state index in [4.69, 9.17) is 0 Å². The number of hydrogen-bond donors (Lipinski definition) is 1. The number of β-amino-alcohol motifs (C(OH)–C–C–N with tert-alkyl or cyclic N) is 1. The second-order valence-electron chi connectivity index (χ2n) is 8.80. The zero-order valence-corrected chi connectivity index (χ0v) is 21.2. The van der Waals surface area contributed by atoms with Gasteiger partial charge in [0.05, 0.1) is 18.3 Å². The molecule has 0 unspecified atom stereocenters. The van der Waals surface area contributed by atoms with E-state index in [1.807, 2.05) is 0 Å². The van der Waals surface area contributed by atoms with Crippen molar-refractivity contribution in [2.45, 2.75) is 42.1 Å². The molecule has 0 spiro atoms. The SMILES string of the molecule is O[C@@H](CN1c2cccc(-c3cccc(OC(F)(F)F)c3)c2SC[C@@H]1c1cccc(OC(F)(F)C(F)F)c1)C(F)(F)F. The van der Waals surface area contributed by atoms with E-state index in [1.165, 1.54) is 47.4 Å². The number of fused-ring (bicyclic) bond motifs is 1. The Balaban J connectivity index is 1.76. The first-order valence-electron chi connectivity index (χ1n) is 11.6. The summed E-state index contributed by atoms with van der Waals surface area (Å²) in [6, 6.07) is 12.9. The highest BCUT2D eigenvalue weighted by atomic mass is 32.2. The topological polar surface area (TPSA) is 41.9 Å². The average molecular weight is 615 g/mol. The third kappa shape index (κ3) is 7.31. The lowest BCUT2D eigenvalue weighted by Crippen LogP contribution is -2.44. The van der Waals surface area contributed by atoms with Gasteiger partial charge in [0.1, 0.15) is 11.5 Å². The van der Waals surface area contributed by atoms with Crippen LogP contribution in [0.5, 0.6) is 11.5 Å². The van der Waals surface area contributed by atoms with Gasteiger partial charge in [0.15, 0.2) is 6.10 Å². The van der Waals surface area contributed by atoms with Crippen LogP contribution in [0, 0.1) is 0 Å². The molecule has 0 fully saturated rings. The number of benzene rings is 3. The van der Waals surface area contributed by atoms with Crippen LogP contribution in [0.4, 0.5) is 49.6 Å². The maximum absolute atomic E-state index is 13.5. The Bertz CT molecular complexity index is 1370. The molecule has 0 aliphatic carbocycles. The maximum Gasteiger partial charge on any atom is 0.573 e. The summed E-state index contributed by atoms with van der Waals surface area (Å²) in [5.74, 6) is -1.19. The van der Waals surface area contributed by atoms with Crippen molar-refractivity contribution >= 4 is 17.4 Å². The summed E-state index contributed by atoms with van der Waals surface area (Å²) in [4.78, 5) is 1.55. The lowest BCUT2D eigenvalue weighted by atomic mass is 10.0. The van der Waals surface area contributed by atoms with Gasteiger partial charge in [-0.1, -0.05) is 36.4 Å². The van der Waals surface area contributed by atoms with E-state index in [1.54, 1.807) is 0 Å². The van der Waals surface area contributed by atoms with Gasteiger partial charge in [-0.05, 0) is 47.0 Å². The second kappa shape index (κ2) is 11.5. The standard InChI is InChI=1S/C26H19F10NO3S/c27-23(28)25(32,33)39-16-6-2-5-15(11-16)20-13-41-22-18(14-4-1-7-17(10-14)40-26(34,35)36)8-3-9-19(22)37(20)12-21(38)24(29,30)31/h1-11,20-21,23,38H,12-13H2/t20-,21+/m1/s1. The monoisotopic (exact) mass is 615 g/mol. The van der Waals surface area contributed by atoms with E-state index in [0.29, 0.717) is 10.5 Å². The number of hydrogen-bond acceptors (Lipinski definition) is 5. The summed E-state index contributed by atoms with van der Waals surface area (Å²) in [7, 11) is 0. The van der Waals surface area contributed by atoms with E-state index in [2.05, 4.69) is 9.47 Å². The van der Waals surface area contributed by atoms with Crippen LogP contribution in [0.25, 0.3) is 11.1 Å². The Hall–Kier alpha value is -3.33. The third-order valence-electron chi connectivity index (χ3n) is 5.94. The lowest BCUT2D eigenvalue weighted by Gasteiger charge is -2.41. The minimum absolute atomic E-state index is 0.0119. The van der Waals surface area contributed by atoms with Crippen molar-refractivity contribution < 1.29 is 58.5 Å². The van der Waals surface area contributed by atoms with Crippen LogP contribution in [0.3, 0.4) is 0 Å². The van der Waals surface area contributed by atoms with Gasteiger partial charge in [0, 0.05) is 10.6 Å². The highest BCUT2D eigenvalue weighted by molar-refractivity contribution is 7.99. The van der Waals surface area contributed by atoms with Crippen LogP contribution in [0.15, 0.2) is 71.6 Å². The Morgan fingerprint density at radius 1 is 0.854 bits per heavy atom. The third-order valence-corrected chi connectivity index (χ3v) is 7.14. The molecule has 0 radical (unpaired) electrons. The molecule has 0 saturated carbocycles. The molecule has 222 valence electrons. The van der Waals surface area contributed by atoms with Crippen molar-refractivity contribution in [2.75, 3.05) is 17.2 Å². The van der Waals surface area contributed by atoms with Gasteiger partial charge in [0.25, 0.3) is 0 Å². The number of alkyl halides is 10. The largest absolute Gasteiger partial charge is 0.573 e. The molecule has 1 aliphatic heterocycles. The Morgan fingerprint density at radius 2 is 1.49 bits per heavy atom. The predicted molar refractivity (Wildman–Crippen MR) is 129 cm³/mol. The minimum atomic E-state index is -5.03. The molecule has 0 bridgehead atoms. The first-order valence-corrected chi connectivity index (χ1v) is 12.6. The molecule has 3 aromatic carbocycles. The molecule has 1 aliphatic rings. The number of ether oxygens (including phenoxy) is 2. The normalized spacial score (nSPS) is 16.9. The van der Waals surface area contributed by atoms with Crippen molar-refractivity contribution in [1.29, 1.82) is 0 Å². The van der Waals surface area contributed by atoms with Crippen LogP contribution >= 0.6 is 11.8 Å². The molecule has 3 aromatic rings. The predicted octanol–water partition coefficient (Wildman–Crippen LogP) is 8.07. The van der Waals surface area contributed by atoms with Gasteiger partial charge in [-0.2, -0.15) is 30.7 Å². The number of nitrogens with zero attached hydrogens (tertiary/aromatic N) is 1. The van der Waals surface area contributed by atoms with Crippen molar-refractivity contribution in [3.05, 3.63) is 72.3 Å². The first-order chi connectivity index (χ1) is 19.0. The summed E-state index contributed by atoms with van der Waals surface area (Å²) in [5, 5.41) is 9.92. The number of anilines is 1. The number of aliphatic hydroxyl groups is 1. The number of rotatable bonds is 8. The van der Waals surface area contributed by atoms with Crippen molar-refractivity contribution in [2.24, 2.45) is 0 Å². The molecule has 2 atom stereocenters. The van der Waals surface area contributed by atoms with Gasteiger partial charge >= 0.3 is 25.1 Å². The number of thioether (sulfide) groups is 1. The maximum atomic E-state index is 13.5. The summed E-state index contributed by atoms with van der Waals surface area (Å²) < 4.78 is 139. The van der Waals surface area contributed by atoms with E-state index >= 15 is 0 Å². The molecule has 4 nitrogen and oxygen atoms in total. The Kier molecular flexibility index (Phi) is 8.60. The van der Waals surface area contributed by atoms with E-state index < -0.39 is 55.3 Å². The Morgan fingerprint density at radius 3 is 2.12 bits per heavy atom. The molecular formula is C26H19F10NO3S. The van der Waals surface area contributed by atoms with Gasteiger partial charge in [-0.3, -0.25) is 0 Å². The summed E-state index contributed by atoms with van der Waals surface area (Å²) >= 11 is 1.12. The lowest BCUT2D eigenvalue weighted by molar-refractivity contribution is -0.274. The molecule has 15 heteroatoms. The van der Waals surface area contributed by atoms with Crippen LogP contribution in [0.1, 0.15) is 11.6 Å². The van der Waals surface area contributed by atoms with Gasteiger partial charge < -0.3 is 19.5 Å².